The van der Waals surface area contributed by atoms with Gasteiger partial charge in [0.25, 0.3) is 23.3 Å². The Hall–Kier alpha value is -5.11. The standard InChI is InChI=1S/C34H34BN7O6/c1-39-14-21(11-23(17-39)37-26-13-36-40(2)34(48)29(26)35)18-3-5-19(6-4-18)31(45)41-15-22(16-41)20-7-8-24-25(12-20)33(47)42(32(24)46)27-9-10-28(43)38-30(27)44/h3-8,12-13,21-23,27,37H,9-11,14-17H2,1-2H3,(H,38,43,44)/t21-,23+,27?/m0/s1. The van der Waals surface area contributed by atoms with Gasteiger partial charge in [0.1, 0.15) is 13.9 Å². The van der Waals surface area contributed by atoms with Crippen molar-refractivity contribution in [2.45, 2.75) is 43.2 Å². The summed E-state index contributed by atoms with van der Waals surface area (Å²) in [5.41, 5.74) is 3.35. The van der Waals surface area contributed by atoms with Gasteiger partial charge in [-0.25, -0.2) is 4.68 Å². The molecule has 3 saturated heterocycles. The van der Waals surface area contributed by atoms with E-state index in [0.717, 1.165) is 35.5 Å². The highest BCUT2D eigenvalue weighted by Gasteiger charge is 2.45. The third kappa shape index (κ3) is 5.59. The summed E-state index contributed by atoms with van der Waals surface area (Å²) in [6.07, 6.45) is 2.56. The number of hydrogen-bond donors (Lipinski definition) is 2. The molecule has 244 valence electrons. The number of likely N-dealkylation sites (tertiary alicyclic amines) is 2. The zero-order valence-corrected chi connectivity index (χ0v) is 26.6. The average Bonchev–Trinajstić information content (AvgIpc) is 3.29. The lowest BCUT2D eigenvalue weighted by Crippen LogP contribution is -2.54. The van der Waals surface area contributed by atoms with Crippen LogP contribution in [0.3, 0.4) is 0 Å². The Morgan fingerprint density at radius 2 is 1.60 bits per heavy atom. The minimum absolute atomic E-state index is 0.00217. The lowest BCUT2D eigenvalue weighted by molar-refractivity contribution is -0.136. The molecule has 3 fully saturated rings. The van der Waals surface area contributed by atoms with E-state index in [1.807, 2.05) is 31.3 Å². The van der Waals surface area contributed by atoms with E-state index >= 15 is 0 Å². The normalized spacial score (nSPS) is 23.2. The van der Waals surface area contributed by atoms with Crippen LogP contribution in [0.25, 0.3) is 0 Å². The first-order chi connectivity index (χ1) is 23.0. The number of likely N-dealkylation sites (N-methyl/N-ethyl adjacent to an activating group) is 1. The van der Waals surface area contributed by atoms with Gasteiger partial charge in [0, 0.05) is 57.2 Å². The van der Waals surface area contributed by atoms with Crippen LogP contribution in [0.2, 0.25) is 0 Å². The molecule has 48 heavy (non-hydrogen) atoms. The van der Waals surface area contributed by atoms with E-state index in [1.165, 1.54) is 4.68 Å². The predicted molar refractivity (Wildman–Crippen MR) is 175 cm³/mol. The number of fused-ring (bicyclic) bond motifs is 1. The fourth-order valence-corrected chi connectivity index (χ4v) is 7.23. The topological polar surface area (TPSA) is 154 Å². The molecule has 7 rings (SSSR count). The van der Waals surface area contributed by atoms with Crippen molar-refractivity contribution in [3.63, 3.8) is 0 Å². The summed E-state index contributed by atoms with van der Waals surface area (Å²) in [4.78, 5) is 80.7. The summed E-state index contributed by atoms with van der Waals surface area (Å²) in [6, 6.07) is 11.8. The van der Waals surface area contributed by atoms with Crippen LogP contribution in [0, 0.1) is 0 Å². The Kier molecular flexibility index (Phi) is 7.98. The average molecular weight is 648 g/mol. The maximum Gasteiger partial charge on any atom is 0.262 e. The van der Waals surface area contributed by atoms with Crippen molar-refractivity contribution < 1.29 is 24.0 Å². The summed E-state index contributed by atoms with van der Waals surface area (Å²) < 4.78 is 1.21. The van der Waals surface area contributed by atoms with Gasteiger partial charge in [0.15, 0.2) is 0 Å². The number of carbonyl (C=O) groups is 5. The molecule has 1 unspecified atom stereocenters. The van der Waals surface area contributed by atoms with Crippen LogP contribution < -0.4 is 21.7 Å². The number of carbonyl (C=O) groups excluding carboxylic acids is 5. The third-order valence-electron chi connectivity index (χ3n) is 9.90. The number of hydrogen-bond acceptors (Lipinski definition) is 9. The monoisotopic (exact) mass is 647 g/mol. The number of amides is 5. The highest BCUT2D eigenvalue weighted by molar-refractivity contribution is 6.35. The minimum Gasteiger partial charge on any atom is -0.380 e. The molecule has 5 heterocycles. The molecule has 14 heteroatoms. The van der Waals surface area contributed by atoms with Crippen molar-refractivity contribution in [2.75, 3.05) is 38.5 Å². The van der Waals surface area contributed by atoms with Gasteiger partial charge in [-0.2, -0.15) is 5.10 Å². The van der Waals surface area contributed by atoms with E-state index in [-0.39, 0.29) is 58.8 Å². The maximum absolute atomic E-state index is 13.3. The number of nitrogens with zero attached hydrogens (tertiary/aromatic N) is 5. The largest absolute Gasteiger partial charge is 0.380 e. The number of imide groups is 2. The van der Waals surface area contributed by atoms with Gasteiger partial charge in [-0.1, -0.05) is 18.2 Å². The Balaban J connectivity index is 0.970. The quantitative estimate of drug-likeness (QED) is 0.281. The van der Waals surface area contributed by atoms with Crippen LogP contribution in [0.4, 0.5) is 5.69 Å². The van der Waals surface area contributed by atoms with E-state index in [9.17, 15) is 28.8 Å². The van der Waals surface area contributed by atoms with Gasteiger partial charge < -0.3 is 15.1 Å². The first kappa shape index (κ1) is 31.5. The minimum atomic E-state index is -1.01. The molecular formula is C34H34BN7O6. The molecule has 2 radical (unpaired) electrons. The van der Waals surface area contributed by atoms with Gasteiger partial charge in [-0.3, -0.25) is 39.0 Å². The number of rotatable bonds is 6. The van der Waals surface area contributed by atoms with E-state index < -0.39 is 29.7 Å². The third-order valence-corrected chi connectivity index (χ3v) is 9.90. The molecule has 0 bridgehead atoms. The van der Waals surface area contributed by atoms with Crippen LogP contribution in [0.15, 0.2) is 53.5 Å². The zero-order chi connectivity index (χ0) is 33.9. The Labute approximate surface area is 277 Å². The number of aryl methyl sites for hydroxylation is 1. The number of aromatic nitrogens is 2. The molecule has 4 aliphatic rings. The molecule has 2 N–H and O–H groups in total. The van der Waals surface area contributed by atoms with Gasteiger partial charge in [-0.05, 0) is 66.7 Å². The Bertz CT molecular complexity index is 1920. The summed E-state index contributed by atoms with van der Waals surface area (Å²) in [6.45, 7) is 2.58. The van der Waals surface area contributed by atoms with E-state index in [1.54, 1.807) is 36.3 Å². The van der Waals surface area contributed by atoms with Gasteiger partial charge in [-0.15, -0.1) is 0 Å². The first-order valence-corrected chi connectivity index (χ1v) is 16.0. The molecule has 2 aromatic carbocycles. The predicted octanol–water partition coefficient (Wildman–Crippen LogP) is 0.115. The second kappa shape index (κ2) is 12.2. The zero-order valence-electron chi connectivity index (χ0n) is 26.6. The van der Waals surface area contributed by atoms with Crippen molar-refractivity contribution in [3.8, 4) is 0 Å². The molecule has 5 amide bonds. The molecule has 0 saturated carbocycles. The van der Waals surface area contributed by atoms with Crippen molar-refractivity contribution in [3.05, 3.63) is 86.8 Å². The summed E-state index contributed by atoms with van der Waals surface area (Å²) >= 11 is 0. The van der Waals surface area contributed by atoms with Crippen LogP contribution in [0.5, 0.6) is 0 Å². The molecule has 4 aliphatic heterocycles. The molecule has 0 spiro atoms. The molecule has 1 aromatic heterocycles. The van der Waals surface area contributed by atoms with Crippen molar-refractivity contribution >= 4 is 48.5 Å². The first-order valence-electron chi connectivity index (χ1n) is 16.0. The molecule has 3 atom stereocenters. The number of anilines is 1. The maximum atomic E-state index is 13.3. The Morgan fingerprint density at radius 1 is 0.896 bits per heavy atom. The highest BCUT2D eigenvalue weighted by Crippen LogP contribution is 2.34. The Morgan fingerprint density at radius 3 is 2.33 bits per heavy atom. The van der Waals surface area contributed by atoms with Gasteiger partial charge in [0.05, 0.1) is 23.0 Å². The SMILES string of the molecule is [B]c1c(N[C@@H]2C[C@H](c3ccc(C(=O)N4CC(c5ccc6c(c5)C(=O)N(C5CCC(=O)NC5=O)C6=O)C4)cc3)CN(C)C2)cnn(C)c1=O. The van der Waals surface area contributed by atoms with Crippen molar-refractivity contribution in [1.29, 1.82) is 0 Å². The smallest absolute Gasteiger partial charge is 0.262 e. The van der Waals surface area contributed by atoms with Gasteiger partial charge in [0.2, 0.25) is 11.8 Å². The second-order valence-electron chi connectivity index (χ2n) is 13.2. The molecule has 3 aromatic rings. The van der Waals surface area contributed by atoms with E-state index in [2.05, 4.69) is 20.6 Å². The molecule has 13 nitrogen and oxygen atoms in total. The molecule has 0 aliphatic carbocycles. The second-order valence-corrected chi connectivity index (χ2v) is 13.2. The number of benzene rings is 2. The lowest BCUT2D eigenvalue weighted by atomic mass is 9.86. The van der Waals surface area contributed by atoms with Crippen LogP contribution >= 0.6 is 0 Å². The lowest BCUT2D eigenvalue weighted by Gasteiger charge is -2.40. The summed E-state index contributed by atoms with van der Waals surface area (Å²) in [5, 5.41) is 9.68. The van der Waals surface area contributed by atoms with E-state index in [0.29, 0.717) is 24.3 Å². The fourth-order valence-electron chi connectivity index (χ4n) is 7.23. The van der Waals surface area contributed by atoms with Crippen LogP contribution in [-0.2, 0) is 16.6 Å². The molecular weight excluding hydrogens is 613 g/mol. The number of piperidine rings is 2. The van der Waals surface area contributed by atoms with E-state index in [4.69, 9.17) is 7.85 Å². The highest BCUT2D eigenvalue weighted by atomic mass is 16.2. The van der Waals surface area contributed by atoms with Gasteiger partial charge >= 0.3 is 0 Å². The summed E-state index contributed by atoms with van der Waals surface area (Å²) in [5.74, 6) is -2.02. The fraction of sp³-hybridized carbons (Fsp3) is 0.382. The number of nitrogens with one attached hydrogen (secondary N) is 2. The van der Waals surface area contributed by atoms with Crippen molar-refractivity contribution in [2.24, 2.45) is 7.05 Å². The van der Waals surface area contributed by atoms with Crippen LogP contribution in [0.1, 0.15) is 73.3 Å². The summed E-state index contributed by atoms with van der Waals surface area (Å²) in [7, 11) is 9.65. The van der Waals surface area contributed by atoms with Crippen LogP contribution in [-0.4, -0.2) is 107 Å². The van der Waals surface area contributed by atoms with Crippen molar-refractivity contribution in [1.82, 2.24) is 29.8 Å².